The summed E-state index contributed by atoms with van der Waals surface area (Å²) in [6.45, 7) is 9.49. The summed E-state index contributed by atoms with van der Waals surface area (Å²) in [7, 11) is 0. The van der Waals surface area contributed by atoms with Crippen molar-refractivity contribution in [2.75, 3.05) is 6.54 Å². The molecule has 0 amide bonds. The summed E-state index contributed by atoms with van der Waals surface area (Å²) in [6.07, 6.45) is 3.38. The second-order valence-electron chi connectivity index (χ2n) is 4.05. The highest BCUT2D eigenvalue weighted by molar-refractivity contribution is 5.84. The second-order valence-corrected chi connectivity index (χ2v) is 4.05. The van der Waals surface area contributed by atoms with Crippen LogP contribution in [0.3, 0.4) is 0 Å². The van der Waals surface area contributed by atoms with Crippen molar-refractivity contribution in [3.63, 3.8) is 0 Å². The molecule has 4 heteroatoms. The van der Waals surface area contributed by atoms with E-state index in [1.165, 1.54) is 0 Å². The van der Waals surface area contributed by atoms with Crippen molar-refractivity contribution in [1.29, 1.82) is 0 Å². The van der Waals surface area contributed by atoms with Crippen LogP contribution in [0.5, 0.6) is 0 Å². The SMILES string of the molecule is CCCCN(C(C)CC)C(C)C(N)=NO. The molecule has 0 fully saturated rings. The van der Waals surface area contributed by atoms with Gasteiger partial charge in [-0.25, -0.2) is 0 Å². The van der Waals surface area contributed by atoms with Crippen molar-refractivity contribution in [2.45, 2.75) is 59.0 Å². The zero-order valence-electron chi connectivity index (χ0n) is 10.4. The van der Waals surface area contributed by atoms with E-state index in [0.717, 1.165) is 25.8 Å². The van der Waals surface area contributed by atoms with Crippen LogP contribution in [-0.2, 0) is 0 Å². The Bertz CT molecular complexity index is 194. The maximum Gasteiger partial charge on any atom is 0.156 e. The van der Waals surface area contributed by atoms with Crippen LogP contribution in [0.4, 0.5) is 0 Å². The van der Waals surface area contributed by atoms with E-state index in [0.29, 0.717) is 11.9 Å². The predicted octanol–water partition coefficient (Wildman–Crippen LogP) is 2.02. The van der Waals surface area contributed by atoms with Gasteiger partial charge in [0.25, 0.3) is 0 Å². The molecule has 15 heavy (non-hydrogen) atoms. The Morgan fingerprint density at radius 3 is 2.40 bits per heavy atom. The first-order chi connectivity index (χ1) is 7.08. The molecule has 0 bridgehead atoms. The van der Waals surface area contributed by atoms with Crippen LogP contribution in [-0.4, -0.2) is 34.6 Å². The van der Waals surface area contributed by atoms with Crippen molar-refractivity contribution >= 4 is 5.84 Å². The minimum atomic E-state index is 0.0106. The van der Waals surface area contributed by atoms with Crippen LogP contribution >= 0.6 is 0 Å². The van der Waals surface area contributed by atoms with Gasteiger partial charge in [0.2, 0.25) is 0 Å². The lowest BCUT2D eigenvalue weighted by Gasteiger charge is -2.33. The van der Waals surface area contributed by atoms with E-state index in [1.54, 1.807) is 0 Å². The third-order valence-electron chi connectivity index (χ3n) is 2.97. The summed E-state index contributed by atoms with van der Waals surface area (Å²) in [6, 6.07) is 0.475. The summed E-state index contributed by atoms with van der Waals surface area (Å²) in [5, 5.41) is 11.8. The summed E-state index contributed by atoms with van der Waals surface area (Å²) < 4.78 is 0. The maximum absolute atomic E-state index is 8.67. The molecule has 0 aliphatic carbocycles. The molecule has 3 N–H and O–H groups in total. The Kier molecular flexibility index (Phi) is 7.13. The lowest BCUT2D eigenvalue weighted by Crippen LogP contribution is -2.47. The van der Waals surface area contributed by atoms with E-state index >= 15 is 0 Å². The molecule has 0 spiro atoms. The van der Waals surface area contributed by atoms with Crippen molar-refractivity contribution in [3.05, 3.63) is 0 Å². The highest BCUT2D eigenvalue weighted by Gasteiger charge is 2.21. The maximum atomic E-state index is 8.67. The summed E-state index contributed by atoms with van der Waals surface area (Å²) in [5.74, 6) is 0.298. The molecule has 0 heterocycles. The van der Waals surface area contributed by atoms with Crippen molar-refractivity contribution < 1.29 is 5.21 Å². The summed E-state index contributed by atoms with van der Waals surface area (Å²) in [4.78, 5) is 2.29. The Labute approximate surface area is 93.1 Å². The highest BCUT2D eigenvalue weighted by atomic mass is 16.4. The minimum Gasteiger partial charge on any atom is -0.409 e. The molecule has 0 aromatic rings. The number of amidine groups is 1. The largest absolute Gasteiger partial charge is 0.409 e. The second kappa shape index (κ2) is 7.51. The number of oxime groups is 1. The van der Waals surface area contributed by atoms with E-state index < -0.39 is 0 Å². The zero-order chi connectivity index (χ0) is 11.8. The highest BCUT2D eigenvalue weighted by Crippen LogP contribution is 2.10. The molecule has 4 nitrogen and oxygen atoms in total. The van der Waals surface area contributed by atoms with Gasteiger partial charge in [-0.05, 0) is 33.2 Å². The first kappa shape index (κ1) is 14.2. The Morgan fingerprint density at radius 2 is 2.00 bits per heavy atom. The van der Waals surface area contributed by atoms with E-state index in [9.17, 15) is 0 Å². The van der Waals surface area contributed by atoms with Crippen LogP contribution in [0.2, 0.25) is 0 Å². The molecule has 0 aromatic carbocycles. The fraction of sp³-hybridized carbons (Fsp3) is 0.909. The molecule has 0 aromatic heterocycles. The van der Waals surface area contributed by atoms with E-state index in [-0.39, 0.29) is 6.04 Å². The normalized spacial score (nSPS) is 16.7. The smallest absolute Gasteiger partial charge is 0.156 e. The van der Waals surface area contributed by atoms with Crippen LogP contribution in [0.1, 0.15) is 47.0 Å². The van der Waals surface area contributed by atoms with Gasteiger partial charge in [0.1, 0.15) is 0 Å². The number of nitrogens with zero attached hydrogens (tertiary/aromatic N) is 2. The Balaban J connectivity index is 4.46. The number of unbranched alkanes of at least 4 members (excludes halogenated alkanes) is 1. The third kappa shape index (κ3) is 4.51. The zero-order valence-corrected chi connectivity index (χ0v) is 10.4. The monoisotopic (exact) mass is 215 g/mol. The van der Waals surface area contributed by atoms with Gasteiger partial charge < -0.3 is 10.9 Å². The standard InChI is InChI=1S/C11H25N3O/c1-5-7-8-14(9(3)6-2)10(4)11(12)13-15/h9-10,15H,5-8H2,1-4H3,(H2,12,13). The fourth-order valence-corrected chi connectivity index (χ4v) is 1.62. The van der Waals surface area contributed by atoms with E-state index in [2.05, 4.69) is 30.8 Å². The van der Waals surface area contributed by atoms with E-state index in [4.69, 9.17) is 10.9 Å². The lowest BCUT2D eigenvalue weighted by atomic mass is 10.1. The van der Waals surface area contributed by atoms with Gasteiger partial charge in [0.05, 0.1) is 6.04 Å². The van der Waals surface area contributed by atoms with Crippen LogP contribution in [0.15, 0.2) is 5.16 Å². The minimum absolute atomic E-state index is 0.0106. The molecule has 2 unspecified atom stereocenters. The van der Waals surface area contributed by atoms with Crippen LogP contribution in [0.25, 0.3) is 0 Å². The molecular formula is C11H25N3O. The van der Waals surface area contributed by atoms with Crippen molar-refractivity contribution in [1.82, 2.24) is 4.90 Å². The molecule has 2 atom stereocenters. The third-order valence-corrected chi connectivity index (χ3v) is 2.97. The average Bonchev–Trinajstić information content (AvgIpc) is 2.27. The number of nitrogens with two attached hydrogens (primary N) is 1. The molecule has 90 valence electrons. The van der Waals surface area contributed by atoms with Crippen molar-refractivity contribution in [3.8, 4) is 0 Å². The fourth-order valence-electron chi connectivity index (χ4n) is 1.62. The lowest BCUT2D eigenvalue weighted by molar-refractivity contribution is 0.178. The van der Waals surface area contributed by atoms with E-state index in [1.807, 2.05) is 6.92 Å². The quantitative estimate of drug-likeness (QED) is 0.295. The van der Waals surface area contributed by atoms with Gasteiger partial charge in [-0.15, -0.1) is 0 Å². The van der Waals surface area contributed by atoms with Crippen molar-refractivity contribution in [2.24, 2.45) is 10.9 Å². The molecule has 0 saturated heterocycles. The number of rotatable bonds is 7. The van der Waals surface area contributed by atoms with Gasteiger partial charge in [-0.3, -0.25) is 4.90 Å². The van der Waals surface area contributed by atoms with Crippen LogP contribution < -0.4 is 5.73 Å². The van der Waals surface area contributed by atoms with Gasteiger partial charge in [0, 0.05) is 6.04 Å². The first-order valence-corrected chi connectivity index (χ1v) is 5.81. The number of hydrogen-bond donors (Lipinski definition) is 2. The molecule has 0 aliphatic heterocycles. The average molecular weight is 215 g/mol. The van der Waals surface area contributed by atoms with Gasteiger partial charge >= 0.3 is 0 Å². The number of hydrogen-bond acceptors (Lipinski definition) is 3. The van der Waals surface area contributed by atoms with Crippen LogP contribution in [0, 0.1) is 0 Å². The molecule has 0 saturated carbocycles. The molecule has 0 radical (unpaired) electrons. The summed E-state index contributed by atoms with van der Waals surface area (Å²) >= 11 is 0. The molecule has 0 rings (SSSR count). The predicted molar refractivity (Wildman–Crippen MR) is 64.2 cm³/mol. The Morgan fingerprint density at radius 1 is 1.40 bits per heavy atom. The van der Waals surface area contributed by atoms with Gasteiger partial charge in [0.15, 0.2) is 5.84 Å². The molecular weight excluding hydrogens is 190 g/mol. The first-order valence-electron chi connectivity index (χ1n) is 5.81. The van der Waals surface area contributed by atoms with Gasteiger partial charge in [-0.1, -0.05) is 25.4 Å². The topological polar surface area (TPSA) is 61.8 Å². The van der Waals surface area contributed by atoms with Gasteiger partial charge in [-0.2, -0.15) is 0 Å². The molecule has 0 aliphatic rings. The summed E-state index contributed by atoms with van der Waals surface area (Å²) in [5.41, 5.74) is 5.64. The Hall–Kier alpha value is -0.770.